The molecule has 17 N–H and O–H groups in total. The van der Waals surface area contributed by atoms with Gasteiger partial charge in [-0.05, 0) is 0 Å². The fraction of sp³-hybridized carbons (Fsp3) is 0.961. The van der Waals surface area contributed by atoms with E-state index in [1.165, 1.54) is 6.92 Å². The highest BCUT2D eigenvalue weighted by Gasteiger charge is 2.45. The van der Waals surface area contributed by atoms with Crippen LogP contribution in [0.15, 0.2) is 0 Å². The Labute approximate surface area is 489 Å². The largest absolute Gasteiger partial charge is 0.396 e. The number of nitrogens with one attached hydrogen (secondary N) is 3. The summed E-state index contributed by atoms with van der Waals surface area (Å²) in [5.74, 6) is -1.29. The predicted molar refractivity (Wildman–Crippen MR) is 285 cm³/mol. The molecule has 2 aliphatic rings. The van der Waals surface area contributed by atoms with Crippen LogP contribution < -0.4 is 16.0 Å². The summed E-state index contributed by atoms with van der Waals surface area (Å²) in [5, 5.41) is 146. The van der Waals surface area contributed by atoms with Gasteiger partial charge in [-0.25, -0.2) is 0 Å². The molecule has 2 heterocycles. The second-order valence-corrected chi connectivity index (χ2v) is 20.1. The van der Waals surface area contributed by atoms with E-state index in [1.54, 1.807) is 0 Å². The van der Waals surface area contributed by atoms with E-state index in [-0.39, 0.29) is 183 Å². The fourth-order valence-corrected chi connectivity index (χ4v) is 7.67. The highest BCUT2D eigenvalue weighted by molar-refractivity contribution is 5.76. The van der Waals surface area contributed by atoms with Crippen molar-refractivity contribution in [3.63, 3.8) is 0 Å². The third-order valence-corrected chi connectivity index (χ3v) is 12.8. The Bertz CT molecular complexity index is 1550. The van der Waals surface area contributed by atoms with Gasteiger partial charge in [-0.15, -0.1) is 0 Å². The lowest BCUT2D eigenvalue weighted by Crippen LogP contribution is -2.59. The van der Waals surface area contributed by atoms with E-state index in [2.05, 4.69) is 16.0 Å². The molecule has 2 fully saturated rings. The normalized spacial score (nSPS) is 25.8. The lowest BCUT2D eigenvalue weighted by molar-refractivity contribution is -0.302. The standard InChI is InChI=1S/C51H99N3O30/c1-33(27-55)39(61)42(64)45(67)48(70)80-24-21-74-18-15-71-12-6-52-36(58)3-9-77-30-51(2,31-78-10-4-37(59)53-7-13-72-16-19-75-22-25-81-49-46(68)43(65)40(62)34(28-56)83-49)32-79-11-5-38(60)54-8-14-73-17-20-76-23-26-82-50-47(69)44(66)41(63)35(29-57)84-50/h33-36,39-50,52,55-58,61-70H,3-32H2,1-2H3,(H,53,59)(H,54,60)/t33?,34?,35?,36?,39-,40-,41-,42?,43?,44?,45?,46?,47?,48-,49+,50+,51?/m1/s1. The van der Waals surface area contributed by atoms with Crippen molar-refractivity contribution in [2.45, 2.75) is 125 Å². The molecular weight excluding hydrogens is 1130 g/mol. The average Bonchev–Trinajstić information content (AvgIpc) is 3.57. The molecule has 0 aromatic heterocycles. The van der Waals surface area contributed by atoms with E-state index in [9.17, 15) is 76.0 Å². The van der Waals surface area contributed by atoms with Gasteiger partial charge in [-0.1, -0.05) is 13.8 Å². The minimum absolute atomic E-state index is 0.0102. The van der Waals surface area contributed by atoms with Crippen molar-refractivity contribution in [1.82, 2.24) is 16.0 Å². The number of aliphatic hydroxyl groups excluding tert-OH is 14. The number of hydrogen-bond acceptors (Lipinski definition) is 31. The van der Waals surface area contributed by atoms with Gasteiger partial charge in [0.25, 0.3) is 0 Å². The molecule has 0 aromatic carbocycles. The van der Waals surface area contributed by atoms with Crippen molar-refractivity contribution < 1.29 is 147 Å². The van der Waals surface area contributed by atoms with Gasteiger partial charge >= 0.3 is 0 Å². The summed E-state index contributed by atoms with van der Waals surface area (Å²) in [5.41, 5.74) is -0.732. The van der Waals surface area contributed by atoms with E-state index in [4.69, 9.17) is 71.4 Å². The van der Waals surface area contributed by atoms with Gasteiger partial charge in [0.15, 0.2) is 18.9 Å². The molecule has 2 aliphatic heterocycles. The molecule has 2 saturated heterocycles. The molecule has 0 aromatic rings. The third kappa shape index (κ3) is 32.8. The van der Waals surface area contributed by atoms with Crippen LogP contribution in [0.1, 0.15) is 33.1 Å². The van der Waals surface area contributed by atoms with Gasteiger partial charge in [0.2, 0.25) is 11.8 Å². The Hall–Kier alpha value is -2.22. The lowest BCUT2D eigenvalue weighted by Gasteiger charge is -2.39. The molecule has 2 amide bonds. The zero-order valence-corrected chi connectivity index (χ0v) is 48.2. The topological polar surface area (TPSA) is 483 Å². The number of amides is 2. The maximum atomic E-state index is 12.5. The van der Waals surface area contributed by atoms with E-state index >= 15 is 0 Å². The van der Waals surface area contributed by atoms with Crippen molar-refractivity contribution >= 4 is 11.8 Å². The molecule has 33 nitrogen and oxygen atoms in total. The molecule has 0 bridgehead atoms. The summed E-state index contributed by atoms with van der Waals surface area (Å²) >= 11 is 0. The number of ether oxygens (including phenoxy) is 14. The highest BCUT2D eigenvalue weighted by Crippen LogP contribution is 2.24. The quantitative estimate of drug-likeness (QED) is 0.0199. The minimum Gasteiger partial charge on any atom is -0.396 e. The second-order valence-electron chi connectivity index (χ2n) is 20.1. The molecular formula is C51H99N3O30. The number of aliphatic hydroxyl groups is 14. The van der Waals surface area contributed by atoms with Gasteiger partial charge in [-0.2, -0.15) is 0 Å². The first-order valence-electron chi connectivity index (χ1n) is 28.2. The fourth-order valence-electron chi connectivity index (χ4n) is 7.67. The zero-order chi connectivity index (χ0) is 62.1. The number of carbonyl (C=O) groups excluding carboxylic acids is 2. The highest BCUT2D eigenvalue weighted by atomic mass is 16.7. The Kier molecular flexibility index (Phi) is 43.4. The van der Waals surface area contributed by atoms with Crippen LogP contribution in [0.5, 0.6) is 0 Å². The van der Waals surface area contributed by atoms with Crippen molar-refractivity contribution in [1.29, 1.82) is 0 Å². The van der Waals surface area contributed by atoms with Crippen molar-refractivity contribution in [3.8, 4) is 0 Å². The first-order chi connectivity index (χ1) is 40.3. The second kappa shape index (κ2) is 46.8. The number of rotatable bonds is 53. The first kappa shape index (κ1) is 77.9. The van der Waals surface area contributed by atoms with Crippen LogP contribution in [-0.2, 0) is 75.9 Å². The van der Waals surface area contributed by atoms with Crippen LogP contribution in [-0.4, -0.2) is 354 Å². The van der Waals surface area contributed by atoms with Crippen LogP contribution >= 0.6 is 0 Å². The number of hydrogen-bond donors (Lipinski definition) is 17. The van der Waals surface area contributed by atoms with Crippen LogP contribution in [0, 0.1) is 11.3 Å². The summed E-state index contributed by atoms with van der Waals surface area (Å²) < 4.78 is 76.6. The molecule has 84 heavy (non-hydrogen) atoms. The van der Waals surface area contributed by atoms with E-state index < -0.39 is 123 Å². The smallest absolute Gasteiger partial charge is 0.222 e. The minimum atomic E-state index is -1.81. The van der Waals surface area contributed by atoms with Gasteiger partial charge in [0, 0.05) is 56.8 Å². The molecule has 498 valence electrons. The van der Waals surface area contributed by atoms with Crippen molar-refractivity contribution in [2.24, 2.45) is 11.3 Å². The number of carbonyl (C=O) groups is 2. The van der Waals surface area contributed by atoms with Crippen LogP contribution in [0.2, 0.25) is 0 Å². The lowest BCUT2D eigenvalue weighted by atomic mass is 9.94. The molecule has 16 atom stereocenters. The molecule has 0 spiro atoms. The summed E-state index contributed by atoms with van der Waals surface area (Å²) in [4.78, 5) is 25.0. The van der Waals surface area contributed by atoms with Gasteiger partial charge in [-0.3, -0.25) is 14.9 Å². The Morgan fingerprint density at radius 2 is 0.857 bits per heavy atom. The molecule has 33 heteroatoms. The van der Waals surface area contributed by atoms with Crippen LogP contribution in [0.25, 0.3) is 0 Å². The third-order valence-electron chi connectivity index (χ3n) is 12.8. The van der Waals surface area contributed by atoms with Crippen LogP contribution in [0.4, 0.5) is 0 Å². The van der Waals surface area contributed by atoms with Gasteiger partial charge in [0.05, 0.1) is 158 Å². The Morgan fingerprint density at radius 3 is 1.29 bits per heavy atom. The maximum Gasteiger partial charge on any atom is 0.222 e. The van der Waals surface area contributed by atoms with E-state index in [0.29, 0.717) is 6.54 Å². The SMILES string of the molecule is CC(CO)[C@@H](O)C(O)C(O)[C@H](O)OCCOCCOCCNC(O)CCOCC(C)(COCCC(=O)NCCOCCOCCO[C@H]1OC(CO)[C@@H](O)C(O)C1O)COCCC(=O)NCCOCCOCCO[C@H]1OC(CO)[C@@H](O)C(O)C1O. The molecule has 2 rings (SSSR count). The van der Waals surface area contributed by atoms with Gasteiger partial charge in [0.1, 0.15) is 67.3 Å². The van der Waals surface area contributed by atoms with Crippen LogP contribution in [0.3, 0.4) is 0 Å². The summed E-state index contributed by atoms with van der Waals surface area (Å²) in [7, 11) is 0. The van der Waals surface area contributed by atoms with E-state index in [1.807, 2.05) is 6.92 Å². The molecule has 0 radical (unpaired) electrons. The summed E-state index contributed by atoms with van der Waals surface area (Å²) in [6.07, 6.45) is -21.2. The first-order valence-corrected chi connectivity index (χ1v) is 28.2. The molecule has 0 aliphatic carbocycles. The molecule has 0 saturated carbocycles. The summed E-state index contributed by atoms with van der Waals surface area (Å²) in [6, 6.07) is 0. The average molecular weight is 1230 g/mol. The molecule has 10 unspecified atom stereocenters. The predicted octanol–water partition coefficient (Wildman–Crippen LogP) is -8.87. The Morgan fingerprint density at radius 1 is 0.464 bits per heavy atom. The summed E-state index contributed by atoms with van der Waals surface area (Å²) in [6.45, 7) is 5.10. The Balaban J connectivity index is 1.64. The van der Waals surface area contributed by atoms with E-state index in [0.717, 1.165) is 0 Å². The van der Waals surface area contributed by atoms with Gasteiger partial charge < -0.3 is 148 Å². The maximum absolute atomic E-state index is 12.5. The monoisotopic (exact) mass is 1230 g/mol. The zero-order valence-electron chi connectivity index (χ0n) is 48.2. The van der Waals surface area contributed by atoms with Crippen molar-refractivity contribution in [3.05, 3.63) is 0 Å². The van der Waals surface area contributed by atoms with Crippen molar-refractivity contribution in [2.75, 3.05) is 178 Å².